The summed E-state index contributed by atoms with van der Waals surface area (Å²) in [7, 11) is -2.71. The number of ether oxygens (including phenoxy) is 1. The third-order valence-electron chi connectivity index (χ3n) is 4.48. The molecule has 31 heavy (non-hydrogen) atoms. The van der Waals surface area contributed by atoms with Crippen molar-refractivity contribution in [3.8, 4) is 5.75 Å². The highest BCUT2D eigenvalue weighted by molar-refractivity contribution is 7.92. The maximum atomic E-state index is 12.9. The number of carbonyl (C=O) groups excluding carboxylic acids is 1. The van der Waals surface area contributed by atoms with E-state index in [-0.39, 0.29) is 31.9 Å². The summed E-state index contributed by atoms with van der Waals surface area (Å²) in [5.74, 6) is -0.142. The molecular formula is C22H20Cl2N2O4S. The maximum absolute atomic E-state index is 12.9. The molecule has 9 heteroatoms. The fraction of sp³-hybridized carbons (Fsp3) is 0.136. The van der Waals surface area contributed by atoms with Crippen molar-refractivity contribution >= 4 is 44.8 Å². The lowest BCUT2D eigenvalue weighted by Crippen LogP contribution is -2.27. The van der Waals surface area contributed by atoms with Crippen LogP contribution in [0.3, 0.4) is 0 Å². The minimum atomic E-state index is -4.11. The van der Waals surface area contributed by atoms with E-state index in [0.717, 1.165) is 5.56 Å². The zero-order valence-corrected chi connectivity index (χ0v) is 18.9. The molecule has 0 heterocycles. The van der Waals surface area contributed by atoms with Crippen molar-refractivity contribution in [3.05, 3.63) is 87.9 Å². The van der Waals surface area contributed by atoms with E-state index in [4.69, 9.17) is 27.9 Å². The van der Waals surface area contributed by atoms with Crippen molar-refractivity contribution in [3.63, 3.8) is 0 Å². The van der Waals surface area contributed by atoms with Crippen LogP contribution in [0.25, 0.3) is 0 Å². The molecule has 0 unspecified atom stereocenters. The van der Waals surface area contributed by atoms with Crippen molar-refractivity contribution in [1.29, 1.82) is 0 Å². The van der Waals surface area contributed by atoms with Gasteiger partial charge in [-0.3, -0.25) is 9.52 Å². The van der Waals surface area contributed by atoms with Gasteiger partial charge in [-0.1, -0.05) is 65.7 Å². The van der Waals surface area contributed by atoms with Crippen LogP contribution in [0.5, 0.6) is 5.75 Å². The van der Waals surface area contributed by atoms with E-state index in [1.165, 1.54) is 31.4 Å². The summed E-state index contributed by atoms with van der Waals surface area (Å²) in [6.45, 7) is 0.407. The number of nitrogens with one attached hydrogen (secondary N) is 2. The van der Waals surface area contributed by atoms with Gasteiger partial charge < -0.3 is 10.1 Å². The third-order valence-corrected chi connectivity index (χ3v) is 6.86. The van der Waals surface area contributed by atoms with Gasteiger partial charge in [-0.15, -0.1) is 0 Å². The molecule has 3 rings (SSSR count). The summed E-state index contributed by atoms with van der Waals surface area (Å²) >= 11 is 12.2. The highest BCUT2D eigenvalue weighted by atomic mass is 35.5. The number of amides is 1. The second-order valence-corrected chi connectivity index (χ2v) is 8.94. The Hall–Kier alpha value is -2.74. The van der Waals surface area contributed by atoms with Crippen LogP contribution < -0.4 is 14.8 Å². The van der Waals surface area contributed by atoms with Crippen LogP contribution in [-0.2, 0) is 16.4 Å². The van der Waals surface area contributed by atoms with Crippen LogP contribution in [-0.4, -0.2) is 28.0 Å². The summed E-state index contributed by atoms with van der Waals surface area (Å²) < 4.78 is 33.3. The number of sulfonamides is 1. The van der Waals surface area contributed by atoms with Gasteiger partial charge in [0.15, 0.2) is 0 Å². The van der Waals surface area contributed by atoms with E-state index < -0.39 is 15.9 Å². The van der Waals surface area contributed by atoms with Gasteiger partial charge in [-0.25, -0.2) is 8.42 Å². The average molecular weight is 479 g/mol. The standard InChI is InChI=1S/C22H20Cl2N2O4S/c1-30-18-11-12-19(21(24)20(18)23)31(28,29)26-17-10-6-5-9-16(17)22(27)25-14-13-15-7-3-2-4-8-15/h2-12,26H,13-14H2,1H3,(H,25,27). The third kappa shape index (κ3) is 5.50. The van der Waals surface area contributed by atoms with E-state index in [2.05, 4.69) is 10.0 Å². The molecule has 2 N–H and O–H groups in total. The van der Waals surface area contributed by atoms with Crippen LogP contribution >= 0.6 is 23.2 Å². The molecule has 1 amide bonds. The molecular weight excluding hydrogens is 459 g/mol. The Labute approximate surface area is 191 Å². The van der Waals surface area contributed by atoms with Gasteiger partial charge in [0.05, 0.1) is 23.4 Å². The minimum absolute atomic E-state index is 0.0148. The zero-order chi connectivity index (χ0) is 22.4. The number of rotatable bonds is 8. The molecule has 0 aliphatic heterocycles. The molecule has 0 bridgehead atoms. The number of para-hydroxylation sites is 1. The SMILES string of the molecule is COc1ccc(S(=O)(=O)Nc2ccccc2C(=O)NCCc2ccccc2)c(Cl)c1Cl. The Morgan fingerprint density at radius 3 is 2.32 bits per heavy atom. The van der Waals surface area contributed by atoms with Crippen LogP contribution in [0, 0.1) is 0 Å². The Morgan fingerprint density at radius 1 is 0.935 bits per heavy atom. The van der Waals surface area contributed by atoms with E-state index in [0.29, 0.717) is 13.0 Å². The first kappa shape index (κ1) is 22.9. The number of carbonyl (C=O) groups is 1. The average Bonchev–Trinajstić information content (AvgIpc) is 2.76. The molecule has 3 aromatic rings. The summed E-state index contributed by atoms with van der Waals surface area (Å²) in [5.41, 5.74) is 1.40. The maximum Gasteiger partial charge on any atom is 0.263 e. The molecule has 0 fully saturated rings. The second-order valence-electron chi connectivity index (χ2n) is 6.54. The number of hydrogen-bond acceptors (Lipinski definition) is 4. The van der Waals surface area contributed by atoms with Crippen molar-refractivity contribution in [2.24, 2.45) is 0 Å². The highest BCUT2D eigenvalue weighted by Gasteiger charge is 2.24. The molecule has 6 nitrogen and oxygen atoms in total. The fourth-order valence-corrected chi connectivity index (χ4v) is 4.83. The van der Waals surface area contributed by atoms with Crippen LogP contribution in [0.2, 0.25) is 10.0 Å². The number of methoxy groups -OCH3 is 1. The predicted molar refractivity (Wildman–Crippen MR) is 123 cm³/mol. The van der Waals surface area contributed by atoms with Gasteiger partial charge in [-0.2, -0.15) is 0 Å². The number of anilines is 1. The fourth-order valence-electron chi connectivity index (χ4n) is 2.91. The summed E-state index contributed by atoms with van der Waals surface area (Å²) in [6, 6.07) is 18.7. The molecule has 0 spiro atoms. The van der Waals surface area contributed by atoms with E-state index in [1.54, 1.807) is 12.1 Å². The van der Waals surface area contributed by atoms with Gasteiger partial charge in [0.1, 0.15) is 15.7 Å². The molecule has 0 aromatic heterocycles. The summed E-state index contributed by atoms with van der Waals surface area (Å²) in [6.07, 6.45) is 0.653. The van der Waals surface area contributed by atoms with Crippen molar-refractivity contribution < 1.29 is 17.9 Å². The predicted octanol–water partition coefficient (Wildman–Crippen LogP) is 4.78. The lowest BCUT2D eigenvalue weighted by Gasteiger charge is -2.15. The lowest BCUT2D eigenvalue weighted by molar-refractivity contribution is 0.0955. The first-order chi connectivity index (χ1) is 14.8. The largest absolute Gasteiger partial charge is 0.495 e. The Bertz CT molecular complexity index is 1190. The molecule has 3 aromatic carbocycles. The van der Waals surface area contributed by atoms with Gasteiger partial charge in [0.2, 0.25) is 0 Å². The second kappa shape index (κ2) is 10.0. The normalized spacial score (nSPS) is 11.1. The highest BCUT2D eigenvalue weighted by Crippen LogP contribution is 2.37. The summed E-state index contributed by atoms with van der Waals surface area (Å²) in [4.78, 5) is 12.5. The van der Waals surface area contributed by atoms with Crippen LogP contribution in [0.15, 0.2) is 71.6 Å². The Morgan fingerprint density at radius 2 is 1.61 bits per heavy atom. The van der Waals surface area contributed by atoms with Crippen molar-refractivity contribution in [2.45, 2.75) is 11.3 Å². The van der Waals surface area contributed by atoms with Crippen molar-refractivity contribution in [1.82, 2.24) is 5.32 Å². The van der Waals surface area contributed by atoms with E-state index in [1.807, 2.05) is 30.3 Å². The molecule has 0 radical (unpaired) electrons. The Kier molecular flexibility index (Phi) is 7.43. The van der Waals surface area contributed by atoms with Crippen LogP contribution in [0.4, 0.5) is 5.69 Å². The first-order valence-corrected chi connectivity index (χ1v) is 11.5. The number of benzene rings is 3. The van der Waals surface area contributed by atoms with E-state index >= 15 is 0 Å². The molecule has 0 saturated heterocycles. The van der Waals surface area contributed by atoms with E-state index in [9.17, 15) is 13.2 Å². The van der Waals surface area contributed by atoms with Gasteiger partial charge in [-0.05, 0) is 36.2 Å². The Balaban J connectivity index is 1.78. The monoisotopic (exact) mass is 478 g/mol. The molecule has 0 atom stereocenters. The quantitative estimate of drug-likeness (QED) is 0.487. The lowest BCUT2D eigenvalue weighted by atomic mass is 10.1. The number of hydrogen-bond donors (Lipinski definition) is 2. The molecule has 0 aliphatic rings. The smallest absolute Gasteiger partial charge is 0.263 e. The molecule has 0 saturated carbocycles. The topological polar surface area (TPSA) is 84.5 Å². The minimum Gasteiger partial charge on any atom is -0.495 e. The molecule has 162 valence electrons. The summed E-state index contributed by atoms with van der Waals surface area (Å²) in [5, 5.41) is 2.63. The van der Waals surface area contributed by atoms with Gasteiger partial charge in [0.25, 0.3) is 15.9 Å². The van der Waals surface area contributed by atoms with Crippen molar-refractivity contribution in [2.75, 3.05) is 18.4 Å². The van der Waals surface area contributed by atoms with Gasteiger partial charge in [0, 0.05) is 6.54 Å². The first-order valence-electron chi connectivity index (χ1n) is 9.29. The van der Waals surface area contributed by atoms with Gasteiger partial charge >= 0.3 is 0 Å². The van der Waals surface area contributed by atoms with Crippen LogP contribution in [0.1, 0.15) is 15.9 Å². The number of halogens is 2. The zero-order valence-electron chi connectivity index (χ0n) is 16.6. The molecule has 0 aliphatic carbocycles.